The zero-order chi connectivity index (χ0) is 27.2. The first-order chi connectivity index (χ1) is 17.4. The van der Waals surface area contributed by atoms with Gasteiger partial charge in [0.25, 0.3) is 0 Å². The number of rotatable bonds is 8. The Morgan fingerprint density at radius 3 is 2.22 bits per heavy atom. The number of hydrogen-bond donors (Lipinski definition) is 2. The molecule has 0 spiro atoms. The molecule has 1 aromatic rings. The number of carbonyl (C=O) groups excluding carboxylic acids is 1. The van der Waals surface area contributed by atoms with Gasteiger partial charge in [0.15, 0.2) is 5.78 Å². The molecule has 0 saturated carbocycles. The van der Waals surface area contributed by atoms with E-state index in [0.29, 0.717) is 6.54 Å². The van der Waals surface area contributed by atoms with Gasteiger partial charge in [0.1, 0.15) is 0 Å². The van der Waals surface area contributed by atoms with Crippen LogP contribution in [0.4, 0.5) is 0 Å². The highest BCUT2D eigenvalue weighted by atomic mass is 35.5. The van der Waals surface area contributed by atoms with Crippen molar-refractivity contribution in [1.29, 1.82) is 0 Å². The molecule has 7 heteroatoms. The normalized spacial score (nSPS) is 17.6. The van der Waals surface area contributed by atoms with E-state index >= 15 is 0 Å². The Kier molecular flexibility index (Phi) is 21.8. The molecular weight excluding hydrogens is 492 g/mol. The minimum absolute atomic E-state index is 0.261. The number of piperidine rings is 2. The van der Waals surface area contributed by atoms with Gasteiger partial charge in [-0.2, -0.15) is 11.3 Å². The Labute approximate surface area is 229 Å². The molecule has 0 amide bonds. The third-order valence-electron chi connectivity index (χ3n) is 6.44. The summed E-state index contributed by atoms with van der Waals surface area (Å²) in [4.78, 5) is 24.8. The Hall–Kier alpha value is -1.47. The fourth-order valence-corrected chi connectivity index (χ4v) is 4.66. The second-order valence-corrected chi connectivity index (χ2v) is 9.81. The molecular formula is C29H49ClN2O3S. The number of thiophene rings is 1. The number of likely N-dealkylation sites (tertiary alicyclic amines) is 1. The first-order valence-electron chi connectivity index (χ1n) is 13.3. The number of Topliss-reactive ketones (excluding diaryl/α,β-unsaturated/α-hetero) is 1. The van der Waals surface area contributed by atoms with Crippen LogP contribution in [0.3, 0.4) is 0 Å². The van der Waals surface area contributed by atoms with E-state index in [9.17, 15) is 9.59 Å². The molecule has 0 aliphatic carbocycles. The molecule has 5 nitrogen and oxygen atoms in total. The molecule has 206 valence electrons. The summed E-state index contributed by atoms with van der Waals surface area (Å²) in [6.45, 7) is 13.2. The summed E-state index contributed by atoms with van der Waals surface area (Å²) in [5, 5.41) is 15.6. The summed E-state index contributed by atoms with van der Waals surface area (Å²) in [7, 11) is 0. The van der Waals surface area contributed by atoms with Crippen LogP contribution in [0.5, 0.6) is 0 Å². The Bertz CT molecular complexity index is 726. The lowest BCUT2D eigenvalue weighted by Crippen LogP contribution is -2.37. The third-order valence-corrected chi connectivity index (χ3v) is 7.14. The molecule has 36 heavy (non-hydrogen) atoms. The van der Waals surface area contributed by atoms with Crippen LogP contribution in [-0.2, 0) is 9.59 Å². The predicted molar refractivity (Wildman–Crippen MR) is 157 cm³/mol. The van der Waals surface area contributed by atoms with Crippen LogP contribution in [0, 0.1) is 5.92 Å². The quantitative estimate of drug-likeness (QED) is 0.208. The largest absolute Gasteiger partial charge is 0.481 e. The molecule has 0 aromatic carbocycles. The van der Waals surface area contributed by atoms with Gasteiger partial charge >= 0.3 is 5.97 Å². The zero-order valence-electron chi connectivity index (χ0n) is 23.1. The smallest absolute Gasteiger partial charge is 0.310 e. The number of allylic oxidation sites excluding steroid dienone is 3. The van der Waals surface area contributed by atoms with E-state index in [2.05, 4.69) is 41.7 Å². The third kappa shape index (κ3) is 15.6. The lowest BCUT2D eigenvalue weighted by molar-refractivity contribution is -0.138. The van der Waals surface area contributed by atoms with Crippen LogP contribution in [-0.4, -0.2) is 60.9 Å². The standard InChI is InChI=1S/C16H27NO.C7H8O2S.C5H11N.CH3Cl/c1-4-7-8-15(6-3)16(18)13-17-11-9-14(5-2)10-12-17;1-5(7(8)9)6-2-3-10-4-6;1-2-4-6-5-3-1;1-2/h6-8,14H,4-5,9-13H2,1-3H3;2-5H,1H3,(H,8,9);6H,1-5H2;1H3/b8-7-,15-6+;;;. The highest BCUT2D eigenvalue weighted by Crippen LogP contribution is 2.20. The fraction of sp³-hybridized carbons (Fsp3) is 0.655. The number of carbonyl (C=O) groups is 2. The van der Waals surface area contributed by atoms with Gasteiger partial charge in [0.2, 0.25) is 0 Å². The number of hydrogen-bond acceptors (Lipinski definition) is 5. The van der Waals surface area contributed by atoms with Crippen molar-refractivity contribution in [3.8, 4) is 0 Å². The molecule has 1 atom stereocenters. The highest BCUT2D eigenvalue weighted by molar-refractivity contribution is 7.08. The van der Waals surface area contributed by atoms with Crippen LogP contribution >= 0.6 is 22.9 Å². The average Bonchev–Trinajstić information content (AvgIpc) is 3.47. The molecule has 3 rings (SSSR count). The van der Waals surface area contributed by atoms with Gasteiger partial charge in [0, 0.05) is 12.0 Å². The lowest BCUT2D eigenvalue weighted by Gasteiger charge is -2.30. The molecule has 2 saturated heterocycles. The molecule has 1 unspecified atom stereocenters. The molecule has 0 bridgehead atoms. The van der Waals surface area contributed by atoms with Crippen molar-refractivity contribution in [1.82, 2.24) is 10.2 Å². The summed E-state index contributed by atoms with van der Waals surface area (Å²) >= 11 is 6.16. The summed E-state index contributed by atoms with van der Waals surface area (Å²) in [6.07, 6.45) is 16.4. The number of ketones is 1. The van der Waals surface area contributed by atoms with Gasteiger partial charge < -0.3 is 10.4 Å². The van der Waals surface area contributed by atoms with Gasteiger partial charge in [-0.25, -0.2) is 0 Å². The molecule has 2 N–H and O–H groups in total. The molecule has 2 fully saturated rings. The maximum Gasteiger partial charge on any atom is 0.310 e. The number of nitrogens with zero attached hydrogens (tertiary/aromatic N) is 1. The molecule has 2 aliphatic heterocycles. The van der Waals surface area contributed by atoms with E-state index in [1.54, 1.807) is 6.92 Å². The molecule has 3 heterocycles. The van der Waals surface area contributed by atoms with Gasteiger partial charge in [-0.1, -0.05) is 44.9 Å². The Morgan fingerprint density at radius 1 is 1.19 bits per heavy atom. The van der Waals surface area contributed by atoms with Crippen molar-refractivity contribution in [2.75, 3.05) is 39.1 Å². The maximum absolute atomic E-state index is 12.1. The van der Waals surface area contributed by atoms with Crippen LogP contribution in [0.1, 0.15) is 84.1 Å². The van der Waals surface area contributed by atoms with Gasteiger partial charge in [-0.05, 0) is 100 Å². The van der Waals surface area contributed by atoms with Gasteiger partial charge in [-0.3, -0.25) is 14.5 Å². The second-order valence-electron chi connectivity index (χ2n) is 9.03. The van der Waals surface area contributed by atoms with Crippen LogP contribution in [0.2, 0.25) is 0 Å². The van der Waals surface area contributed by atoms with Crippen LogP contribution in [0.15, 0.2) is 40.6 Å². The first-order valence-corrected chi connectivity index (χ1v) is 15.0. The highest BCUT2D eigenvalue weighted by Gasteiger charge is 2.20. The zero-order valence-corrected chi connectivity index (χ0v) is 24.7. The minimum Gasteiger partial charge on any atom is -0.481 e. The Balaban J connectivity index is 0.000000565. The predicted octanol–water partition coefficient (Wildman–Crippen LogP) is 7.14. The first kappa shape index (κ1) is 34.5. The SMILES string of the molecule is C/C=C(\C=C/CC)C(=O)CN1CCC(CC)CC1.C1CCNCC1.CC(C(=O)O)c1ccsc1.CCl. The van der Waals surface area contributed by atoms with Gasteiger partial charge in [-0.15, -0.1) is 11.6 Å². The van der Waals surface area contributed by atoms with E-state index < -0.39 is 5.97 Å². The van der Waals surface area contributed by atoms with Crippen molar-refractivity contribution in [2.45, 2.75) is 78.6 Å². The number of nitrogens with one attached hydrogen (secondary N) is 1. The van der Waals surface area contributed by atoms with E-state index in [1.165, 1.54) is 69.3 Å². The number of halogens is 1. The van der Waals surface area contributed by atoms with E-state index in [1.807, 2.05) is 35.9 Å². The average molecular weight is 541 g/mol. The monoisotopic (exact) mass is 540 g/mol. The molecule has 0 radical (unpaired) electrons. The van der Waals surface area contributed by atoms with Crippen molar-refractivity contribution < 1.29 is 14.7 Å². The number of carboxylic acids is 1. The minimum atomic E-state index is -0.765. The van der Waals surface area contributed by atoms with E-state index in [0.717, 1.165) is 36.6 Å². The van der Waals surface area contributed by atoms with E-state index in [-0.39, 0.29) is 11.7 Å². The molecule has 2 aliphatic rings. The summed E-state index contributed by atoms with van der Waals surface area (Å²) < 4.78 is 0. The summed E-state index contributed by atoms with van der Waals surface area (Å²) in [6, 6.07) is 1.84. The van der Waals surface area contributed by atoms with Crippen LogP contribution < -0.4 is 5.32 Å². The Morgan fingerprint density at radius 2 is 1.83 bits per heavy atom. The topological polar surface area (TPSA) is 69.6 Å². The summed E-state index contributed by atoms with van der Waals surface area (Å²) in [5.41, 5.74) is 1.74. The van der Waals surface area contributed by atoms with Crippen molar-refractivity contribution >= 4 is 34.7 Å². The lowest BCUT2D eigenvalue weighted by atomic mass is 9.94. The van der Waals surface area contributed by atoms with E-state index in [4.69, 9.17) is 5.11 Å². The molecule has 1 aromatic heterocycles. The van der Waals surface area contributed by atoms with Crippen molar-refractivity contribution in [3.05, 3.63) is 46.2 Å². The number of aliphatic carboxylic acids is 1. The fourth-order valence-electron chi connectivity index (χ4n) is 3.91. The summed E-state index contributed by atoms with van der Waals surface area (Å²) in [5.74, 6) is -0.000625. The van der Waals surface area contributed by atoms with Crippen LogP contribution in [0.25, 0.3) is 0 Å². The van der Waals surface area contributed by atoms with Crippen molar-refractivity contribution in [3.63, 3.8) is 0 Å². The number of carboxylic acid groups (broad SMARTS) is 1. The van der Waals surface area contributed by atoms with Crippen molar-refractivity contribution in [2.24, 2.45) is 5.92 Å². The maximum atomic E-state index is 12.1. The van der Waals surface area contributed by atoms with Gasteiger partial charge in [0.05, 0.1) is 12.5 Å². The second kappa shape index (κ2) is 22.7. The number of alkyl halides is 1.